The Hall–Kier alpha value is -2.83. The minimum Gasteiger partial charge on any atom is -0.480 e. The molecule has 2 N–H and O–H groups in total. The highest BCUT2D eigenvalue weighted by molar-refractivity contribution is 6.30. The molecule has 198 valence electrons. The van der Waals surface area contributed by atoms with Crippen LogP contribution in [0.3, 0.4) is 0 Å². The number of halogens is 4. The van der Waals surface area contributed by atoms with Gasteiger partial charge in [0.05, 0.1) is 24.6 Å². The van der Waals surface area contributed by atoms with Crippen LogP contribution in [0.1, 0.15) is 47.8 Å². The lowest BCUT2D eigenvalue weighted by atomic mass is 9.44. The molecule has 0 radical (unpaired) electrons. The van der Waals surface area contributed by atoms with Crippen molar-refractivity contribution in [3.8, 4) is 5.75 Å². The molecule has 5 aliphatic rings. The van der Waals surface area contributed by atoms with E-state index in [0.29, 0.717) is 35.6 Å². The van der Waals surface area contributed by atoms with Gasteiger partial charge in [0.1, 0.15) is 11.4 Å². The largest absolute Gasteiger partial charge is 0.522 e. The number of alkyl halides is 3. The molecule has 2 bridgehead atoms. The molecule has 3 saturated carbocycles. The zero-order valence-electron chi connectivity index (χ0n) is 19.5. The fourth-order valence-corrected chi connectivity index (χ4v) is 6.15. The topological polar surface area (TPSA) is 106 Å². The molecule has 3 heterocycles. The fourth-order valence-electron chi connectivity index (χ4n) is 5.97. The zero-order valence-corrected chi connectivity index (χ0v) is 20.3. The molecule has 0 unspecified atom stereocenters. The van der Waals surface area contributed by atoms with E-state index in [2.05, 4.69) is 15.0 Å². The summed E-state index contributed by atoms with van der Waals surface area (Å²) in [6.07, 6.45) is -0.916. The molecule has 1 saturated heterocycles. The molecule has 7 rings (SSSR count). The van der Waals surface area contributed by atoms with Crippen molar-refractivity contribution < 1.29 is 37.3 Å². The van der Waals surface area contributed by atoms with Crippen molar-refractivity contribution in [2.75, 3.05) is 19.7 Å². The highest BCUT2D eigenvalue weighted by atomic mass is 35.5. The number of benzene rings is 1. The second-order valence-electron chi connectivity index (χ2n) is 10.6. The number of amides is 2. The number of carbonyl (C=O) groups excluding carboxylic acids is 2. The van der Waals surface area contributed by atoms with Gasteiger partial charge in [-0.3, -0.25) is 14.3 Å². The van der Waals surface area contributed by atoms with E-state index in [1.165, 1.54) is 4.90 Å². The molecular weight excluding hydrogens is 517 g/mol. The number of aliphatic hydroxyl groups is 1. The number of rotatable bonds is 6. The Labute approximate surface area is 214 Å². The normalized spacial score (nSPS) is 30.4. The van der Waals surface area contributed by atoms with E-state index in [1.54, 1.807) is 30.7 Å². The van der Waals surface area contributed by atoms with Gasteiger partial charge in [-0.1, -0.05) is 11.6 Å². The molecule has 2 atom stereocenters. The molecule has 2 aliphatic heterocycles. The molecular formula is C24H24ClF3N4O5. The first kappa shape index (κ1) is 24.5. The minimum atomic E-state index is -4.67. The summed E-state index contributed by atoms with van der Waals surface area (Å²) in [6.45, 7) is -0.0840. The number of hydrogen-bond donors (Lipinski definition) is 2. The highest BCUT2D eigenvalue weighted by Crippen LogP contribution is 2.65. The second kappa shape index (κ2) is 8.34. The van der Waals surface area contributed by atoms with E-state index < -0.39 is 25.2 Å². The summed E-state index contributed by atoms with van der Waals surface area (Å²) in [5.41, 5.74) is 0.215. The van der Waals surface area contributed by atoms with Crippen LogP contribution in [0.4, 0.5) is 13.2 Å². The quantitative estimate of drug-likeness (QED) is 0.584. The van der Waals surface area contributed by atoms with Crippen LogP contribution in [-0.2, 0) is 15.1 Å². The first-order valence-electron chi connectivity index (χ1n) is 11.9. The summed E-state index contributed by atoms with van der Waals surface area (Å²) in [7, 11) is 0. The third-order valence-corrected chi connectivity index (χ3v) is 8.03. The molecule has 2 amide bonds. The summed E-state index contributed by atoms with van der Waals surface area (Å²) < 4.78 is 48.0. The number of ether oxygens (including phenoxy) is 2. The highest BCUT2D eigenvalue weighted by Gasteiger charge is 2.70. The smallest absolute Gasteiger partial charge is 0.480 e. The van der Waals surface area contributed by atoms with Crippen molar-refractivity contribution >= 4 is 23.4 Å². The van der Waals surface area contributed by atoms with E-state index in [1.807, 2.05) is 4.57 Å². The van der Waals surface area contributed by atoms with Gasteiger partial charge in [-0.15, -0.1) is 13.2 Å². The number of carbonyl (C=O) groups is 2. The number of aliphatic hydroxyl groups excluding tert-OH is 1. The second-order valence-corrected chi connectivity index (χ2v) is 11.0. The van der Waals surface area contributed by atoms with Gasteiger partial charge in [0, 0.05) is 47.8 Å². The van der Waals surface area contributed by atoms with Gasteiger partial charge in [0.25, 0.3) is 11.8 Å². The SMILES string of the molecule is O=C(NC12CC(n3cnc(C(=O)N4CC(COC(F)(F)F)C4)c3)(C1)C2)[C@H]1C[C@@H](O)c2cc(Cl)ccc2O1. The van der Waals surface area contributed by atoms with Crippen LogP contribution in [0.5, 0.6) is 5.75 Å². The first-order chi connectivity index (χ1) is 17.4. The lowest BCUT2D eigenvalue weighted by Gasteiger charge is -2.70. The Balaban J connectivity index is 1.00. The van der Waals surface area contributed by atoms with Crippen molar-refractivity contribution in [1.29, 1.82) is 0 Å². The van der Waals surface area contributed by atoms with Crippen LogP contribution < -0.4 is 10.1 Å². The molecule has 2 aromatic rings. The summed E-state index contributed by atoms with van der Waals surface area (Å²) >= 11 is 5.99. The maximum absolute atomic E-state index is 12.9. The van der Waals surface area contributed by atoms with Crippen LogP contribution in [0, 0.1) is 5.92 Å². The molecule has 0 spiro atoms. The Morgan fingerprint density at radius 1 is 1.27 bits per heavy atom. The number of imidazole rings is 1. The number of nitrogens with zero attached hydrogens (tertiary/aromatic N) is 3. The Morgan fingerprint density at radius 2 is 2.00 bits per heavy atom. The van der Waals surface area contributed by atoms with Gasteiger partial charge in [-0.2, -0.15) is 0 Å². The van der Waals surface area contributed by atoms with Crippen LogP contribution in [0.15, 0.2) is 30.7 Å². The molecule has 1 aromatic carbocycles. The fraction of sp³-hybridized carbons (Fsp3) is 0.542. The third-order valence-electron chi connectivity index (χ3n) is 7.80. The van der Waals surface area contributed by atoms with Gasteiger partial charge in [-0.05, 0) is 37.5 Å². The summed E-state index contributed by atoms with van der Waals surface area (Å²) in [6, 6.07) is 4.92. The van der Waals surface area contributed by atoms with Crippen molar-refractivity contribution in [2.24, 2.45) is 5.92 Å². The zero-order chi connectivity index (χ0) is 26.2. The molecule has 37 heavy (non-hydrogen) atoms. The summed E-state index contributed by atoms with van der Waals surface area (Å²) in [5.74, 6) is -0.522. The Bertz CT molecular complexity index is 1240. The molecule has 13 heteroatoms. The van der Waals surface area contributed by atoms with Gasteiger partial charge < -0.3 is 24.6 Å². The Morgan fingerprint density at radius 3 is 2.70 bits per heavy atom. The predicted molar refractivity (Wildman–Crippen MR) is 122 cm³/mol. The van der Waals surface area contributed by atoms with Crippen molar-refractivity contribution in [1.82, 2.24) is 19.8 Å². The first-order valence-corrected chi connectivity index (χ1v) is 12.3. The molecule has 1 aromatic heterocycles. The van der Waals surface area contributed by atoms with E-state index in [4.69, 9.17) is 16.3 Å². The number of likely N-dealkylation sites (tertiary alicyclic amines) is 1. The molecule has 9 nitrogen and oxygen atoms in total. The van der Waals surface area contributed by atoms with Crippen LogP contribution >= 0.6 is 11.6 Å². The average Bonchev–Trinajstić information content (AvgIpc) is 3.23. The van der Waals surface area contributed by atoms with E-state index in [0.717, 1.165) is 0 Å². The maximum atomic E-state index is 12.9. The monoisotopic (exact) mass is 540 g/mol. The lowest BCUT2D eigenvalue weighted by molar-refractivity contribution is -0.330. The number of aromatic nitrogens is 2. The van der Waals surface area contributed by atoms with Gasteiger partial charge in [0.2, 0.25) is 0 Å². The van der Waals surface area contributed by atoms with Crippen LogP contribution in [0.2, 0.25) is 5.02 Å². The van der Waals surface area contributed by atoms with Gasteiger partial charge >= 0.3 is 6.36 Å². The van der Waals surface area contributed by atoms with Gasteiger partial charge in [-0.25, -0.2) is 4.98 Å². The number of nitrogens with one attached hydrogen (secondary N) is 1. The molecule has 3 aliphatic carbocycles. The van der Waals surface area contributed by atoms with E-state index in [9.17, 15) is 27.9 Å². The van der Waals surface area contributed by atoms with Gasteiger partial charge in [0.15, 0.2) is 6.10 Å². The van der Waals surface area contributed by atoms with Crippen LogP contribution in [0.25, 0.3) is 0 Å². The molecule has 4 fully saturated rings. The van der Waals surface area contributed by atoms with Crippen molar-refractivity contribution in [3.63, 3.8) is 0 Å². The number of fused-ring (bicyclic) bond motifs is 1. The summed E-state index contributed by atoms with van der Waals surface area (Å²) in [5, 5.41) is 14.0. The standard InChI is InChI=1S/C24H24ClF3N4O5/c25-14-1-2-18-15(3-14)17(33)4-19(37-18)20(34)30-22-9-23(10-22,11-22)32-7-16(29-12-32)21(35)31-5-13(6-31)8-36-24(26,27)28/h1-3,7,12-13,17,19,33H,4-6,8-11H2,(H,30,34)/t17-,19-,22?,23?/m1/s1. The third kappa shape index (κ3) is 4.34. The maximum Gasteiger partial charge on any atom is 0.522 e. The van der Waals surface area contributed by atoms with Crippen LogP contribution in [-0.4, -0.2) is 69.1 Å². The predicted octanol–water partition coefficient (Wildman–Crippen LogP) is 2.78. The Kier molecular flexibility index (Phi) is 5.52. The van der Waals surface area contributed by atoms with E-state index in [-0.39, 0.29) is 54.0 Å². The lowest BCUT2D eigenvalue weighted by Crippen LogP contribution is -2.79. The summed E-state index contributed by atoms with van der Waals surface area (Å²) in [4.78, 5) is 31.2. The van der Waals surface area contributed by atoms with E-state index >= 15 is 0 Å². The van der Waals surface area contributed by atoms with Crippen molar-refractivity contribution in [2.45, 2.75) is 55.3 Å². The average molecular weight is 541 g/mol. The number of hydrogen-bond acceptors (Lipinski definition) is 6. The van der Waals surface area contributed by atoms with Crippen molar-refractivity contribution in [3.05, 3.63) is 47.0 Å². The minimum absolute atomic E-state index is 0.132.